The van der Waals surface area contributed by atoms with Crippen molar-refractivity contribution < 1.29 is 14.7 Å². The Morgan fingerprint density at radius 3 is 3.00 bits per heavy atom. The van der Waals surface area contributed by atoms with Crippen molar-refractivity contribution >= 4 is 12.0 Å². The van der Waals surface area contributed by atoms with Gasteiger partial charge in [0.1, 0.15) is 0 Å². The predicted octanol–water partition coefficient (Wildman–Crippen LogP) is 0.557. The lowest BCUT2D eigenvalue weighted by atomic mass is 9.89. The molecular formula is C12H16N4O3. The topological polar surface area (TPSA) is 98.3 Å². The highest BCUT2D eigenvalue weighted by Gasteiger charge is 2.51. The van der Waals surface area contributed by atoms with Crippen molar-refractivity contribution in [3.05, 3.63) is 18.2 Å². The number of carboxylic acids is 1. The average Bonchev–Trinajstić information content (AvgIpc) is 3.11. The maximum Gasteiger partial charge on any atom is 0.318 e. The van der Waals surface area contributed by atoms with Crippen LogP contribution in [0.15, 0.2) is 12.5 Å². The first-order valence-corrected chi connectivity index (χ1v) is 6.43. The molecule has 2 fully saturated rings. The molecule has 1 aromatic heterocycles. The number of aromatic amines is 1. The minimum absolute atomic E-state index is 0.0767. The van der Waals surface area contributed by atoms with Gasteiger partial charge < -0.3 is 20.3 Å². The molecule has 7 nitrogen and oxygen atoms in total. The fraction of sp³-hybridized carbons (Fsp3) is 0.583. The average molecular weight is 264 g/mol. The van der Waals surface area contributed by atoms with Gasteiger partial charge >= 0.3 is 12.0 Å². The predicted molar refractivity (Wildman–Crippen MR) is 65.2 cm³/mol. The number of H-pyrrole nitrogens is 1. The number of imidazole rings is 1. The van der Waals surface area contributed by atoms with Crippen molar-refractivity contribution in [1.82, 2.24) is 20.2 Å². The summed E-state index contributed by atoms with van der Waals surface area (Å²) in [5.41, 5.74) is 0.828. The van der Waals surface area contributed by atoms with Gasteiger partial charge in [-0.05, 0) is 19.3 Å². The molecule has 3 unspecified atom stereocenters. The highest BCUT2D eigenvalue weighted by molar-refractivity contribution is 5.79. The summed E-state index contributed by atoms with van der Waals surface area (Å²) in [4.78, 5) is 31.8. The summed E-state index contributed by atoms with van der Waals surface area (Å²) >= 11 is 0. The molecule has 3 atom stereocenters. The second kappa shape index (κ2) is 4.56. The second-order valence-electron chi connectivity index (χ2n) is 5.12. The van der Waals surface area contributed by atoms with Crippen LogP contribution in [-0.4, -0.2) is 44.1 Å². The summed E-state index contributed by atoms with van der Waals surface area (Å²) in [6, 6.07) is -0.247. The maximum atomic E-state index is 12.2. The van der Waals surface area contributed by atoms with Crippen molar-refractivity contribution in [2.24, 2.45) is 5.92 Å². The SMILES string of the molecule is O=C(O)C1CC2CCC1N2C(=O)NCc1cnc[nH]1. The van der Waals surface area contributed by atoms with E-state index in [4.69, 9.17) is 5.11 Å². The molecule has 0 saturated carbocycles. The second-order valence-corrected chi connectivity index (χ2v) is 5.12. The number of rotatable bonds is 3. The Balaban J connectivity index is 1.63. The quantitative estimate of drug-likeness (QED) is 0.742. The van der Waals surface area contributed by atoms with E-state index in [1.807, 2.05) is 0 Å². The summed E-state index contributed by atoms with van der Waals surface area (Å²) < 4.78 is 0. The van der Waals surface area contributed by atoms with Crippen LogP contribution in [0.25, 0.3) is 0 Å². The van der Waals surface area contributed by atoms with Crippen molar-refractivity contribution in [2.75, 3.05) is 0 Å². The lowest BCUT2D eigenvalue weighted by molar-refractivity contribution is -0.142. The van der Waals surface area contributed by atoms with Crippen molar-refractivity contribution in [2.45, 2.75) is 37.9 Å². The minimum atomic E-state index is -0.793. The van der Waals surface area contributed by atoms with E-state index < -0.39 is 11.9 Å². The Hall–Kier alpha value is -2.05. The van der Waals surface area contributed by atoms with Crippen LogP contribution in [0, 0.1) is 5.92 Å². The van der Waals surface area contributed by atoms with E-state index in [0.717, 1.165) is 18.5 Å². The maximum absolute atomic E-state index is 12.2. The molecule has 0 aromatic carbocycles. The summed E-state index contributed by atoms with van der Waals surface area (Å²) in [5.74, 6) is -1.20. The van der Waals surface area contributed by atoms with Crippen LogP contribution in [0.2, 0.25) is 0 Å². The first kappa shape index (κ1) is 12.0. The normalized spacial score (nSPS) is 28.6. The number of fused-ring (bicyclic) bond motifs is 2. The molecule has 3 N–H and O–H groups in total. The molecule has 3 rings (SSSR count). The number of carbonyl (C=O) groups excluding carboxylic acids is 1. The van der Waals surface area contributed by atoms with Gasteiger partial charge in [0.25, 0.3) is 0 Å². The van der Waals surface area contributed by atoms with Crippen molar-refractivity contribution in [1.29, 1.82) is 0 Å². The molecule has 2 saturated heterocycles. The molecule has 2 bridgehead atoms. The highest BCUT2D eigenvalue weighted by Crippen LogP contribution is 2.41. The third kappa shape index (κ3) is 2.05. The summed E-state index contributed by atoms with van der Waals surface area (Å²) in [6.07, 6.45) is 5.49. The number of nitrogens with one attached hydrogen (secondary N) is 2. The number of carbonyl (C=O) groups is 2. The van der Waals surface area contributed by atoms with E-state index in [2.05, 4.69) is 15.3 Å². The van der Waals surface area contributed by atoms with Gasteiger partial charge in [-0.1, -0.05) is 0 Å². The van der Waals surface area contributed by atoms with E-state index in [9.17, 15) is 9.59 Å². The molecule has 0 aliphatic carbocycles. The highest BCUT2D eigenvalue weighted by atomic mass is 16.4. The van der Waals surface area contributed by atoms with Gasteiger partial charge in [-0.15, -0.1) is 0 Å². The Labute approximate surface area is 110 Å². The Morgan fingerprint density at radius 1 is 1.53 bits per heavy atom. The lowest BCUT2D eigenvalue weighted by Gasteiger charge is -2.23. The minimum Gasteiger partial charge on any atom is -0.481 e. The van der Waals surface area contributed by atoms with Gasteiger partial charge in [-0.2, -0.15) is 0 Å². The molecule has 2 aliphatic rings. The van der Waals surface area contributed by atoms with E-state index in [0.29, 0.717) is 13.0 Å². The monoisotopic (exact) mass is 264 g/mol. The molecule has 0 radical (unpaired) electrons. The fourth-order valence-electron chi connectivity index (χ4n) is 3.21. The molecule has 102 valence electrons. The van der Waals surface area contributed by atoms with Crippen LogP contribution >= 0.6 is 0 Å². The molecule has 2 aliphatic heterocycles. The zero-order valence-corrected chi connectivity index (χ0v) is 10.4. The zero-order chi connectivity index (χ0) is 13.4. The molecule has 0 spiro atoms. The number of hydrogen-bond acceptors (Lipinski definition) is 3. The van der Waals surface area contributed by atoms with Crippen molar-refractivity contribution in [3.8, 4) is 0 Å². The number of hydrogen-bond donors (Lipinski definition) is 3. The van der Waals surface area contributed by atoms with Gasteiger partial charge in [0.05, 0.1) is 24.5 Å². The summed E-state index contributed by atoms with van der Waals surface area (Å²) in [6.45, 7) is 0.381. The molecule has 19 heavy (non-hydrogen) atoms. The zero-order valence-electron chi connectivity index (χ0n) is 10.4. The van der Waals surface area contributed by atoms with E-state index in [1.165, 1.54) is 0 Å². The molecule has 1 aromatic rings. The van der Waals surface area contributed by atoms with Crippen LogP contribution in [0.4, 0.5) is 4.79 Å². The number of nitrogens with zero attached hydrogens (tertiary/aromatic N) is 2. The van der Waals surface area contributed by atoms with Gasteiger partial charge in [0.15, 0.2) is 0 Å². The third-order valence-electron chi connectivity index (χ3n) is 4.07. The lowest BCUT2D eigenvalue weighted by Crippen LogP contribution is -2.44. The van der Waals surface area contributed by atoms with Crippen LogP contribution in [-0.2, 0) is 11.3 Å². The Morgan fingerprint density at radius 2 is 2.37 bits per heavy atom. The number of urea groups is 1. The van der Waals surface area contributed by atoms with Crippen molar-refractivity contribution in [3.63, 3.8) is 0 Å². The smallest absolute Gasteiger partial charge is 0.318 e. The Bertz CT molecular complexity index is 487. The van der Waals surface area contributed by atoms with Gasteiger partial charge in [-0.3, -0.25) is 4.79 Å². The van der Waals surface area contributed by atoms with Crippen LogP contribution in [0.1, 0.15) is 25.0 Å². The summed E-state index contributed by atoms with van der Waals surface area (Å²) in [7, 11) is 0. The standard InChI is InChI=1S/C12H16N4O3/c17-11(18)9-3-8-1-2-10(9)16(8)12(19)14-5-7-4-13-6-15-7/h4,6,8-10H,1-3,5H2,(H,13,15)(H,14,19)(H,17,18). The van der Waals surface area contributed by atoms with Gasteiger partial charge in [0, 0.05) is 18.3 Å². The first-order valence-electron chi connectivity index (χ1n) is 6.43. The van der Waals surface area contributed by atoms with E-state index in [-0.39, 0.29) is 18.1 Å². The molecule has 2 amide bonds. The molecular weight excluding hydrogens is 248 g/mol. The third-order valence-corrected chi connectivity index (χ3v) is 4.07. The van der Waals surface area contributed by atoms with Crippen LogP contribution < -0.4 is 5.32 Å². The number of amides is 2. The number of aliphatic carboxylic acids is 1. The number of aromatic nitrogens is 2. The Kier molecular flexibility index (Phi) is 2.88. The largest absolute Gasteiger partial charge is 0.481 e. The number of carboxylic acid groups (broad SMARTS) is 1. The van der Waals surface area contributed by atoms with Crippen LogP contribution in [0.3, 0.4) is 0 Å². The summed E-state index contributed by atoms with van der Waals surface area (Å²) in [5, 5.41) is 12.0. The first-order chi connectivity index (χ1) is 9.16. The van der Waals surface area contributed by atoms with E-state index in [1.54, 1.807) is 17.4 Å². The van der Waals surface area contributed by atoms with Gasteiger partial charge in [0.2, 0.25) is 0 Å². The molecule has 3 heterocycles. The molecule has 7 heteroatoms. The van der Waals surface area contributed by atoms with Crippen LogP contribution in [0.5, 0.6) is 0 Å². The van der Waals surface area contributed by atoms with E-state index >= 15 is 0 Å². The van der Waals surface area contributed by atoms with Gasteiger partial charge in [-0.25, -0.2) is 9.78 Å². The fourth-order valence-corrected chi connectivity index (χ4v) is 3.21.